The van der Waals surface area contributed by atoms with Crippen molar-refractivity contribution >= 4 is 58.9 Å². The van der Waals surface area contributed by atoms with Crippen LogP contribution in [0.3, 0.4) is 0 Å². The molecule has 3 N–H and O–H groups in total. The summed E-state index contributed by atoms with van der Waals surface area (Å²) < 4.78 is 29.2. The summed E-state index contributed by atoms with van der Waals surface area (Å²) in [5.41, 5.74) is 7.88. The van der Waals surface area contributed by atoms with Gasteiger partial charge in [-0.2, -0.15) is 0 Å². The molecule has 8 heteroatoms. The van der Waals surface area contributed by atoms with E-state index in [1.54, 1.807) is 6.07 Å². The molecule has 21 heavy (non-hydrogen) atoms. The number of nitrogens with one attached hydrogen (secondary N) is 1. The SMILES string of the molecule is Cc1cc(Br)cc(C)c1NS(=O)(=O)c1cc(CN)sc1Br. The molecule has 0 saturated carbocycles. The average molecular weight is 454 g/mol. The van der Waals surface area contributed by atoms with Crippen LogP contribution in [0.1, 0.15) is 16.0 Å². The van der Waals surface area contributed by atoms with E-state index in [9.17, 15) is 8.42 Å². The Morgan fingerprint density at radius 2 is 1.76 bits per heavy atom. The van der Waals surface area contributed by atoms with Gasteiger partial charge < -0.3 is 5.73 Å². The molecule has 0 aliphatic heterocycles. The van der Waals surface area contributed by atoms with Gasteiger partial charge in [0.15, 0.2) is 0 Å². The van der Waals surface area contributed by atoms with E-state index in [1.165, 1.54) is 11.3 Å². The largest absolute Gasteiger partial charge is 0.326 e. The molecule has 0 bridgehead atoms. The number of benzene rings is 1. The predicted octanol–water partition coefficient (Wildman–Crippen LogP) is 4.15. The van der Waals surface area contributed by atoms with Crippen molar-refractivity contribution in [3.05, 3.63) is 42.5 Å². The fraction of sp³-hybridized carbons (Fsp3) is 0.231. The Hall–Kier alpha value is -0.410. The first-order valence-corrected chi connectivity index (χ1v) is 9.91. The van der Waals surface area contributed by atoms with Crippen molar-refractivity contribution in [3.8, 4) is 0 Å². The molecule has 0 fully saturated rings. The van der Waals surface area contributed by atoms with E-state index in [4.69, 9.17) is 5.73 Å². The van der Waals surface area contributed by atoms with Gasteiger partial charge in [-0.25, -0.2) is 8.42 Å². The Morgan fingerprint density at radius 1 is 1.19 bits per heavy atom. The average Bonchev–Trinajstić information content (AvgIpc) is 2.76. The van der Waals surface area contributed by atoms with E-state index in [2.05, 4.69) is 36.6 Å². The highest BCUT2D eigenvalue weighted by atomic mass is 79.9. The van der Waals surface area contributed by atoms with Gasteiger partial charge in [0, 0.05) is 15.9 Å². The summed E-state index contributed by atoms with van der Waals surface area (Å²) in [4.78, 5) is 1.03. The molecular weight excluding hydrogens is 440 g/mol. The lowest BCUT2D eigenvalue weighted by Gasteiger charge is -2.13. The lowest BCUT2D eigenvalue weighted by atomic mass is 10.1. The number of nitrogens with two attached hydrogens (primary N) is 1. The molecule has 4 nitrogen and oxygen atoms in total. The summed E-state index contributed by atoms with van der Waals surface area (Å²) in [6.07, 6.45) is 0. The number of halogens is 2. The van der Waals surface area contributed by atoms with Gasteiger partial charge >= 0.3 is 0 Å². The van der Waals surface area contributed by atoms with E-state index >= 15 is 0 Å². The van der Waals surface area contributed by atoms with Crippen molar-refractivity contribution in [3.63, 3.8) is 0 Å². The first kappa shape index (κ1) is 17.0. The van der Waals surface area contributed by atoms with Crippen LogP contribution in [0.15, 0.2) is 31.4 Å². The number of rotatable bonds is 4. The Balaban J connectivity index is 2.44. The smallest absolute Gasteiger partial charge is 0.263 e. The van der Waals surface area contributed by atoms with E-state index < -0.39 is 10.0 Å². The minimum absolute atomic E-state index is 0.217. The number of anilines is 1. The first-order valence-electron chi connectivity index (χ1n) is 6.02. The second-order valence-electron chi connectivity index (χ2n) is 4.57. The van der Waals surface area contributed by atoms with Gasteiger partial charge in [-0.1, -0.05) is 15.9 Å². The van der Waals surface area contributed by atoms with Gasteiger partial charge in [0.05, 0.1) is 9.47 Å². The normalized spacial score (nSPS) is 11.7. The fourth-order valence-corrected chi connectivity index (χ4v) is 6.39. The van der Waals surface area contributed by atoms with E-state index in [0.717, 1.165) is 20.5 Å². The third kappa shape index (κ3) is 3.68. The molecule has 1 aromatic carbocycles. The number of sulfonamides is 1. The molecule has 0 radical (unpaired) electrons. The summed E-state index contributed by atoms with van der Waals surface area (Å²) >= 11 is 8.02. The third-order valence-electron chi connectivity index (χ3n) is 2.93. The highest BCUT2D eigenvalue weighted by Gasteiger charge is 2.22. The maximum absolute atomic E-state index is 12.6. The lowest BCUT2D eigenvalue weighted by molar-refractivity contribution is 0.601. The van der Waals surface area contributed by atoms with Crippen LogP contribution < -0.4 is 10.5 Å². The van der Waals surface area contributed by atoms with E-state index in [0.29, 0.717) is 16.0 Å². The van der Waals surface area contributed by atoms with Crippen molar-refractivity contribution in [1.82, 2.24) is 0 Å². The third-order valence-corrected chi connectivity index (χ3v) is 7.01. The molecule has 0 atom stereocenters. The van der Waals surface area contributed by atoms with Gasteiger partial charge in [-0.3, -0.25) is 4.72 Å². The van der Waals surface area contributed by atoms with Crippen LogP contribution in [-0.4, -0.2) is 8.42 Å². The Morgan fingerprint density at radius 3 is 2.24 bits per heavy atom. The zero-order valence-corrected chi connectivity index (χ0v) is 16.2. The van der Waals surface area contributed by atoms with E-state index in [1.807, 2.05) is 26.0 Å². The molecule has 114 valence electrons. The molecular formula is C13H14Br2N2O2S2. The zero-order chi connectivity index (χ0) is 15.8. The van der Waals surface area contributed by atoms with Crippen LogP contribution in [-0.2, 0) is 16.6 Å². The molecule has 0 aliphatic rings. The number of hydrogen-bond donors (Lipinski definition) is 2. The van der Waals surface area contributed by atoms with Crippen molar-refractivity contribution < 1.29 is 8.42 Å². The maximum Gasteiger partial charge on any atom is 0.263 e. The maximum atomic E-state index is 12.6. The lowest BCUT2D eigenvalue weighted by Crippen LogP contribution is -2.14. The number of aryl methyl sites for hydroxylation is 2. The zero-order valence-electron chi connectivity index (χ0n) is 11.4. The van der Waals surface area contributed by atoms with Crippen molar-refractivity contribution in [1.29, 1.82) is 0 Å². The molecule has 0 spiro atoms. The fourth-order valence-electron chi connectivity index (χ4n) is 1.94. The summed E-state index contributed by atoms with van der Waals surface area (Å²) in [7, 11) is -3.65. The molecule has 0 aliphatic carbocycles. The van der Waals surface area contributed by atoms with Crippen LogP contribution in [0.4, 0.5) is 5.69 Å². The Bertz CT molecular complexity index is 762. The highest BCUT2D eigenvalue weighted by Crippen LogP contribution is 2.34. The molecule has 0 saturated heterocycles. The summed E-state index contributed by atoms with van der Waals surface area (Å²) in [5, 5.41) is 0. The number of hydrogen-bond acceptors (Lipinski definition) is 4. The van der Waals surface area contributed by atoms with Crippen molar-refractivity contribution in [2.24, 2.45) is 5.73 Å². The van der Waals surface area contributed by atoms with Gasteiger partial charge in [0.1, 0.15) is 4.90 Å². The summed E-state index contributed by atoms with van der Waals surface area (Å²) in [6.45, 7) is 4.04. The minimum Gasteiger partial charge on any atom is -0.326 e. The molecule has 1 aromatic heterocycles. The summed E-state index contributed by atoms with van der Waals surface area (Å²) in [5.74, 6) is 0. The number of thiophene rings is 1. The molecule has 0 amide bonds. The van der Waals surface area contributed by atoms with Crippen LogP contribution in [0, 0.1) is 13.8 Å². The van der Waals surface area contributed by atoms with Crippen LogP contribution in [0.2, 0.25) is 0 Å². The van der Waals surface area contributed by atoms with Gasteiger partial charge in [-0.15, -0.1) is 11.3 Å². The van der Waals surface area contributed by atoms with Crippen LogP contribution in [0.5, 0.6) is 0 Å². The second-order valence-corrected chi connectivity index (χ2v) is 9.60. The Kier molecular flexibility index (Phi) is 5.15. The highest BCUT2D eigenvalue weighted by molar-refractivity contribution is 9.11. The molecule has 1 heterocycles. The van der Waals surface area contributed by atoms with Crippen LogP contribution in [0.25, 0.3) is 0 Å². The standard InChI is InChI=1S/C13H14Br2N2O2S2/c1-7-3-9(14)4-8(2)12(7)17-21(18,19)11-5-10(6-16)20-13(11)15/h3-5,17H,6,16H2,1-2H3. The van der Waals surface area contributed by atoms with Gasteiger partial charge in [0.2, 0.25) is 0 Å². The van der Waals surface area contributed by atoms with E-state index in [-0.39, 0.29) is 4.90 Å². The molecule has 0 unspecified atom stereocenters. The van der Waals surface area contributed by atoms with Crippen LogP contribution >= 0.6 is 43.2 Å². The molecule has 2 rings (SSSR count). The molecule has 2 aromatic rings. The van der Waals surface area contributed by atoms with Crippen molar-refractivity contribution in [2.75, 3.05) is 4.72 Å². The Labute approximate surface area is 145 Å². The first-order chi connectivity index (χ1) is 9.74. The monoisotopic (exact) mass is 452 g/mol. The van der Waals surface area contributed by atoms with Crippen molar-refractivity contribution in [2.45, 2.75) is 25.3 Å². The van der Waals surface area contributed by atoms with Gasteiger partial charge in [0.25, 0.3) is 10.0 Å². The predicted molar refractivity (Wildman–Crippen MR) is 94.3 cm³/mol. The second kappa shape index (κ2) is 6.37. The minimum atomic E-state index is -3.65. The topological polar surface area (TPSA) is 72.2 Å². The quantitative estimate of drug-likeness (QED) is 0.730. The van der Waals surface area contributed by atoms with Gasteiger partial charge in [-0.05, 0) is 59.1 Å². The summed E-state index contributed by atoms with van der Waals surface area (Å²) in [6, 6.07) is 5.35.